The van der Waals surface area contributed by atoms with Crippen LogP contribution < -0.4 is 10.9 Å². The molecule has 2 aliphatic heterocycles. The Morgan fingerprint density at radius 3 is 2.61 bits per heavy atom. The highest BCUT2D eigenvalue weighted by atomic mass is 16.5. The van der Waals surface area contributed by atoms with Crippen molar-refractivity contribution in [1.29, 1.82) is 0 Å². The van der Waals surface area contributed by atoms with Crippen molar-refractivity contribution in [2.24, 2.45) is 5.92 Å². The first-order valence-corrected chi connectivity index (χ1v) is 10.3. The van der Waals surface area contributed by atoms with Gasteiger partial charge in [0.2, 0.25) is 0 Å². The monoisotopic (exact) mass is 381 g/mol. The van der Waals surface area contributed by atoms with E-state index in [2.05, 4.69) is 56.9 Å². The maximum absolute atomic E-state index is 5.08. The Morgan fingerprint density at radius 1 is 1.14 bits per heavy atom. The van der Waals surface area contributed by atoms with Gasteiger partial charge in [0, 0.05) is 50.1 Å². The van der Waals surface area contributed by atoms with Gasteiger partial charge < -0.3 is 4.74 Å². The van der Waals surface area contributed by atoms with Crippen molar-refractivity contribution < 1.29 is 4.74 Å². The molecule has 4 rings (SSSR count). The van der Waals surface area contributed by atoms with Crippen molar-refractivity contribution in [2.45, 2.75) is 44.9 Å². The molecule has 2 aromatic rings. The van der Waals surface area contributed by atoms with Gasteiger partial charge in [-0.2, -0.15) is 0 Å². The number of rotatable bonds is 6. The largest absolute Gasteiger partial charge is 0.377 e. The van der Waals surface area contributed by atoms with E-state index in [4.69, 9.17) is 4.74 Å². The third-order valence-corrected chi connectivity index (χ3v) is 6.19. The minimum atomic E-state index is 0.468. The van der Waals surface area contributed by atoms with Gasteiger partial charge in [-0.05, 0) is 49.9 Å². The van der Waals surface area contributed by atoms with Gasteiger partial charge in [0.05, 0.1) is 0 Å². The third kappa shape index (κ3) is 4.41. The minimum absolute atomic E-state index is 0.468. The molecule has 2 saturated heterocycles. The van der Waals surface area contributed by atoms with E-state index in [1.54, 1.807) is 7.11 Å². The lowest BCUT2D eigenvalue weighted by Crippen LogP contribution is -2.44. The molecule has 2 atom stereocenters. The standard InChI is InChI=1S/C22H31N5O/c1-16-5-3-4-6-19(16)20-13-25-26-22(20)18-7-9-27(10-8-18)14-17-11-23-21(15-28-2)24-12-17/h3-6,11-12,18,20,22,25-26H,7-10,13-15H2,1-2H3. The number of aryl methyl sites for hydroxylation is 1. The Balaban J connectivity index is 1.33. The Hall–Kier alpha value is -1.86. The first-order valence-electron chi connectivity index (χ1n) is 10.3. The van der Waals surface area contributed by atoms with Crippen LogP contribution in [0.4, 0.5) is 0 Å². The molecule has 0 saturated carbocycles. The molecule has 3 heterocycles. The zero-order chi connectivity index (χ0) is 19.3. The molecule has 2 aliphatic rings. The summed E-state index contributed by atoms with van der Waals surface area (Å²) in [7, 11) is 1.67. The van der Waals surface area contributed by atoms with Gasteiger partial charge >= 0.3 is 0 Å². The van der Waals surface area contributed by atoms with E-state index in [0.717, 1.165) is 32.0 Å². The van der Waals surface area contributed by atoms with Crippen molar-refractivity contribution in [1.82, 2.24) is 25.7 Å². The minimum Gasteiger partial charge on any atom is -0.377 e. The van der Waals surface area contributed by atoms with Crippen LogP contribution in [0, 0.1) is 12.8 Å². The summed E-state index contributed by atoms with van der Waals surface area (Å²) in [5, 5.41) is 0. The van der Waals surface area contributed by atoms with E-state index in [9.17, 15) is 0 Å². The molecule has 0 aliphatic carbocycles. The van der Waals surface area contributed by atoms with E-state index in [1.807, 2.05) is 12.4 Å². The van der Waals surface area contributed by atoms with E-state index in [-0.39, 0.29) is 0 Å². The molecular formula is C22H31N5O. The molecule has 0 bridgehead atoms. The molecule has 1 aromatic carbocycles. The van der Waals surface area contributed by atoms with Crippen LogP contribution in [0.5, 0.6) is 0 Å². The quantitative estimate of drug-likeness (QED) is 0.801. The summed E-state index contributed by atoms with van der Waals surface area (Å²) in [6.07, 6.45) is 6.32. The second-order valence-corrected chi connectivity index (χ2v) is 8.07. The third-order valence-electron chi connectivity index (χ3n) is 6.19. The number of likely N-dealkylation sites (tertiary alicyclic amines) is 1. The predicted octanol–water partition coefficient (Wildman–Crippen LogP) is 2.40. The smallest absolute Gasteiger partial charge is 0.153 e. The summed E-state index contributed by atoms with van der Waals surface area (Å²) in [6.45, 7) is 6.90. The number of hydrogen-bond donors (Lipinski definition) is 2. The van der Waals surface area contributed by atoms with Crippen molar-refractivity contribution in [2.75, 3.05) is 26.7 Å². The number of ether oxygens (including phenoxy) is 1. The molecular weight excluding hydrogens is 350 g/mol. The number of hydrogen-bond acceptors (Lipinski definition) is 6. The lowest BCUT2D eigenvalue weighted by atomic mass is 9.79. The summed E-state index contributed by atoms with van der Waals surface area (Å²) in [4.78, 5) is 11.3. The van der Waals surface area contributed by atoms with E-state index in [0.29, 0.717) is 24.5 Å². The van der Waals surface area contributed by atoms with E-state index < -0.39 is 0 Å². The molecule has 1 aromatic heterocycles. The molecule has 150 valence electrons. The van der Waals surface area contributed by atoms with Gasteiger partial charge in [0.15, 0.2) is 5.82 Å². The van der Waals surface area contributed by atoms with Crippen molar-refractivity contribution in [3.8, 4) is 0 Å². The summed E-state index contributed by atoms with van der Waals surface area (Å²) in [5.41, 5.74) is 11.1. The van der Waals surface area contributed by atoms with Crippen LogP contribution in [0.1, 0.15) is 41.3 Å². The van der Waals surface area contributed by atoms with Gasteiger partial charge in [-0.15, -0.1) is 0 Å². The van der Waals surface area contributed by atoms with E-state index in [1.165, 1.54) is 29.5 Å². The van der Waals surface area contributed by atoms with Gasteiger partial charge in [-0.1, -0.05) is 24.3 Å². The number of hydrazine groups is 1. The maximum atomic E-state index is 5.08. The zero-order valence-corrected chi connectivity index (χ0v) is 16.9. The number of aromatic nitrogens is 2. The SMILES string of the molecule is COCc1ncc(CN2CCC(C3NNCC3c3ccccc3C)CC2)cn1. The van der Waals surface area contributed by atoms with Crippen LogP contribution in [0.15, 0.2) is 36.7 Å². The predicted molar refractivity (Wildman–Crippen MR) is 110 cm³/mol. The van der Waals surface area contributed by atoms with Crippen molar-refractivity contribution in [3.05, 3.63) is 59.2 Å². The number of piperidine rings is 1. The second-order valence-electron chi connectivity index (χ2n) is 8.07. The maximum Gasteiger partial charge on any atom is 0.153 e. The topological polar surface area (TPSA) is 62.3 Å². The summed E-state index contributed by atoms with van der Waals surface area (Å²) in [6, 6.07) is 9.34. The first-order chi connectivity index (χ1) is 13.7. The van der Waals surface area contributed by atoms with Crippen LogP contribution in [-0.4, -0.2) is 47.7 Å². The normalized spacial score (nSPS) is 23.9. The Labute approximate surface area is 167 Å². The van der Waals surface area contributed by atoms with Crippen LogP contribution in [0.3, 0.4) is 0 Å². The Kier molecular flexibility index (Phi) is 6.32. The highest BCUT2D eigenvalue weighted by Gasteiger charge is 2.36. The molecule has 6 heteroatoms. The summed E-state index contributed by atoms with van der Waals surface area (Å²) >= 11 is 0. The molecule has 6 nitrogen and oxygen atoms in total. The number of benzene rings is 1. The Bertz CT molecular complexity index is 758. The highest BCUT2D eigenvalue weighted by molar-refractivity contribution is 5.31. The average molecular weight is 382 g/mol. The van der Waals surface area contributed by atoms with Crippen LogP contribution >= 0.6 is 0 Å². The van der Waals surface area contributed by atoms with Crippen LogP contribution in [-0.2, 0) is 17.9 Å². The molecule has 0 spiro atoms. The molecule has 2 unspecified atom stereocenters. The summed E-state index contributed by atoms with van der Waals surface area (Å²) < 4.78 is 5.08. The van der Waals surface area contributed by atoms with Gasteiger partial charge in [-0.3, -0.25) is 15.8 Å². The lowest BCUT2D eigenvalue weighted by Gasteiger charge is -2.36. The molecule has 2 fully saturated rings. The lowest BCUT2D eigenvalue weighted by molar-refractivity contribution is 0.151. The average Bonchev–Trinajstić information content (AvgIpc) is 3.20. The Morgan fingerprint density at radius 2 is 1.89 bits per heavy atom. The first kappa shape index (κ1) is 19.5. The van der Waals surface area contributed by atoms with E-state index >= 15 is 0 Å². The molecule has 2 N–H and O–H groups in total. The second kappa shape index (κ2) is 9.09. The fourth-order valence-corrected chi connectivity index (χ4v) is 4.66. The molecule has 28 heavy (non-hydrogen) atoms. The van der Waals surface area contributed by atoms with Gasteiger partial charge in [0.1, 0.15) is 6.61 Å². The fraction of sp³-hybridized carbons (Fsp3) is 0.545. The number of nitrogens with zero attached hydrogens (tertiary/aromatic N) is 3. The summed E-state index contributed by atoms with van der Waals surface area (Å²) in [5.74, 6) is 2.00. The van der Waals surface area contributed by atoms with Gasteiger partial charge in [-0.25, -0.2) is 9.97 Å². The van der Waals surface area contributed by atoms with Crippen LogP contribution in [0.2, 0.25) is 0 Å². The number of nitrogens with one attached hydrogen (secondary N) is 2. The molecule has 0 amide bonds. The van der Waals surface area contributed by atoms with Crippen molar-refractivity contribution in [3.63, 3.8) is 0 Å². The highest BCUT2D eigenvalue weighted by Crippen LogP contribution is 2.33. The van der Waals surface area contributed by atoms with Crippen LogP contribution in [0.25, 0.3) is 0 Å². The molecule has 0 radical (unpaired) electrons. The fourth-order valence-electron chi connectivity index (χ4n) is 4.66. The zero-order valence-electron chi connectivity index (χ0n) is 16.9. The van der Waals surface area contributed by atoms with Gasteiger partial charge in [0.25, 0.3) is 0 Å². The number of methoxy groups -OCH3 is 1. The van der Waals surface area contributed by atoms with Crippen molar-refractivity contribution >= 4 is 0 Å².